The smallest absolute Gasteiger partial charge is 0.238 e. The summed E-state index contributed by atoms with van der Waals surface area (Å²) < 4.78 is 18.7. The molecule has 2 aromatic carbocycles. The van der Waals surface area contributed by atoms with Crippen molar-refractivity contribution in [3.63, 3.8) is 0 Å². The molecule has 6 heteroatoms. The molecule has 1 aliphatic heterocycles. The van der Waals surface area contributed by atoms with Crippen LogP contribution in [-0.2, 0) is 11.3 Å². The van der Waals surface area contributed by atoms with Gasteiger partial charge in [0, 0.05) is 31.0 Å². The summed E-state index contributed by atoms with van der Waals surface area (Å²) >= 11 is 0. The van der Waals surface area contributed by atoms with Gasteiger partial charge in [-0.25, -0.2) is 4.39 Å². The summed E-state index contributed by atoms with van der Waals surface area (Å²) in [7, 11) is 3.27. The molecule has 1 N–H and O–H groups in total. The van der Waals surface area contributed by atoms with Gasteiger partial charge in [0.1, 0.15) is 0 Å². The van der Waals surface area contributed by atoms with Crippen LogP contribution in [0.3, 0.4) is 0 Å². The molecule has 5 nitrogen and oxygen atoms in total. The fourth-order valence-corrected chi connectivity index (χ4v) is 3.53. The Morgan fingerprint density at radius 2 is 1.86 bits per heavy atom. The van der Waals surface area contributed by atoms with E-state index < -0.39 is 5.82 Å². The van der Waals surface area contributed by atoms with E-state index in [4.69, 9.17) is 4.74 Å². The minimum Gasteiger partial charge on any atom is -0.494 e. The Balaban J connectivity index is 1.49. The van der Waals surface area contributed by atoms with Gasteiger partial charge in [-0.1, -0.05) is 6.07 Å². The van der Waals surface area contributed by atoms with Crippen molar-refractivity contribution in [2.24, 2.45) is 0 Å². The number of carbonyl (C=O) groups excluding carboxylic acids is 1. The predicted molar refractivity (Wildman–Crippen MR) is 110 cm³/mol. The van der Waals surface area contributed by atoms with Gasteiger partial charge in [-0.05, 0) is 68.3 Å². The molecule has 1 aliphatic rings. The lowest BCUT2D eigenvalue weighted by Gasteiger charge is -2.28. The van der Waals surface area contributed by atoms with Crippen molar-refractivity contribution in [3.8, 4) is 5.75 Å². The number of halogens is 1. The fourth-order valence-electron chi connectivity index (χ4n) is 3.53. The number of methoxy groups -OCH3 is 1. The highest BCUT2D eigenvalue weighted by atomic mass is 19.1. The number of nitrogens with one attached hydrogen (secondary N) is 1. The van der Waals surface area contributed by atoms with Crippen molar-refractivity contribution in [1.82, 2.24) is 4.90 Å². The lowest BCUT2D eigenvalue weighted by Crippen LogP contribution is -2.30. The molecule has 0 bridgehead atoms. The number of nitrogens with zero attached hydrogens (tertiary/aromatic N) is 2. The number of carbonyl (C=O) groups is 1. The highest BCUT2D eigenvalue weighted by Crippen LogP contribution is 2.22. The second-order valence-electron chi connectivity index (χ2n) is 7.28. The van der Waals surface area contributed by atoms with Crippen LogP contribution < -0.4 is 15.0 Å². The Bertz CT molecular complexity index is 789. The molecule has 150 valence electrons. The Morgan fingerprint density at radius 3 is 2.50 bits per heavy atom. The van der Waals surface area contributed by atoms with Crippen molar-refractivity contribution < 1.29 is 13.9 Å². The monoisotopic (exact) mass is 385 g/mol. The molecule has 3 rings (SSSR count). The summed E-state index contributed by atoms with van der Waals surface area (Å²) in [6.45, 7) is 2.90. The van der Waals surface area contributed by atoms with Crippen LogP contribution in [0.4, 0.5) is 15.8 Å². The van der Waals surface area contributed by atoms with Gasteiger partial charge in [-0.15, -0.1) is 0 Å². The molecule has 1 saturated heterocycles. The van der Waals surface area contributed by atoms with Crippen LogP contribution in [0.5, 0.6) is 5.75 Å². The van der Waals surface area contributed by atoms with Gasteiger partial charge < -0.3 is 15.0 Å². The quantitative estimate of drug-likeness (QED) is 0.785. The van der Waals surface area contributed by atoms with Crippen LogP contribution in [0.15, 0.2) is 42.5 Å². The first-order valence-corrected chi connectivity index (χ1v) is 9.71. The largest absolute Gasteiger partial charge is 0.494 e. The van der Waals surface area contributed by atoms with Crippen LogP contribution in [0.25, 0.3) is 0 Å². The number of anilines is 2. The summed E-state index contributed by atoms with van der Waals surface area (Å²) in [6, 6.07) is 12.8. The van der Waals surface area contributed by atoms with Crippen LogP contribution in [0.1, 0.15) is 24.8 Å². The van der Waals surface area contributed by atoms with Crippen molar-refractivity contribution in [2.75, 3.05) is 44.0 Å². The standard InChI is InChI=1S/C22H28FN3O2/c1-25(15-17-6-11-21(28-2)20(23)14-17)16-22(27)24-18-7-9-19(10-8-18)26-12-4-3-5-13-26/h6-11,14H,3-5,12-13,15-16H2,1-2H3,(H,24,27). The summed E-state index contributed by atoms with van der Waals surface area (Å²) in [4.78, 5) is 16.5. The van der Waals surface area contributed by atoms with Crippen LogP contribution in [-0.4, -0.2) is 44.6 Å². The predicted octanol–water partition coefficient (Wildman–Crippen LogP) is 3.90. The highest BCUT2D eigenvalue weighted by Gasteiger charge is 2.12. The molecule has 0 aliphatic carbocycles. The van der Waals surface area contributed by atoms with Crippen molar-refractivity contribution in [3.05, 3.63) is 53.8 Å². The number of likely N-dealkylation sites (N-methyl/N-ethyl adjacent to an activating group) is 1. The number of rotatable bonds is 7. The maximum absolute atomic E-state index is 13.8. The summed E-state index contributed by atoms with van der Waals surface area (Å²) in [6.07, 6.45) is 3.78. The summed E-state index contributed by atoms with van der Waals surface area (Å²) in [5.74, 6) is -0.272. The first-order valence-electron chi connectivity index (χ1n) is 9.71. The number of amides is 1. The average Bonchev–Trinajstić information content (AvgIpc) is 2.69. The van der Waals surface area contributed by atoms with Gasteiger partial charge in [0.15, 0.2) is 11.6 Å². The first-order chi connectivity index (χ1) is 13.5. The molecule has 1 amide bonds. The zero-order valence-electron chi connectivity index (χ0n) is 16.6. The highest BCUT2D eigenvalue weighted by molar-refractivity contribution is 5.92. The van der Waals surface area contributed by atoms with Crippen LogP contribution >= 0.6 is 0 Å². The van der Waals surface area contributed by atoms with Crippen LogP contribution in [0.2, 0.25) is 0 Å². The van der Waals surface area contributed by atoms with Gasteiger partial charge in [0.05, 0.1) is 13.7 Å². The van der Waals surface area contributed by atoms with E-state index in [1.54, 1.807) is 12.1 Å². The molecule has 0 radical (unpaired) electrons. The molecule has 2 aromatic rings. The van der Waals surface area contributed by atoms with Crippen molar-refractivity contribution >= 4 is 17.3 Å². The maximum atomic E-state index is 13.8. The normalized spacial score (nSPS) is 14.2. The van der Waals surface area contributed by atoms with Crippen molar-refractivity contribution in [1.29, 1.82) is 0 Å². The number of benzene rings is 2. The van der Waals surface area contributed by atoms with E-state index in [0.717, 1.165) is 24.3 Å². The SMILES string of the molecule is COc1ccc(CN(C)CC(=O)Nc2ccc(N3CCCCC3)cc2)cc1F. The number of hydrogen-bond acceptors (Lipinski definition) is 4. The minimum absolute atomic E-state index is 0.0952. The van der Waals surface area contributed by atoms with Crippen molar-refractivity contribution in [2.45, 2.75) is 25.8 Å². The lowest BCUT2D eigenvalue weighted by molar-refractivity contribution is -0.117. The van der Waals surface area contributed by atoms with E-state index in [0.29, 0.717) is 6.54 Å². The van der Waals surface area contributed by atoms with E-state index in [1.165, 1.54) is 38.1 Å². The fraction of sp³-hybridized carbons (Fsp3) is 0.409. The Labute approximate surface area is 166 Å². The van der Waals surface area contributed by atoms with E-state index in [2.05, 4.69) is 22.3 Å². The third-order valence-corrected chi connectivity index (χ3v) is 4.95. The topological polar surface area (TPSA) is 44.8 Å². The Kier molecular flexibility index (Phi) is 6.87. The van der Waals surface area contributed by atoms with E-state index in [1.807, 2.05) is 24.1 Å². The van der Waals surface area contributed by atoms with E-state index >= 15 is 0 Å². The second-order valence-corrected chi connectivity index (χ2v) is 7.28. The maximum Gasteiger partial charge on any atom is 0.238 e. The van der Waals surface area contributed by atoms with Gasteiger partial charge >= 0.3 is 0 Å². The zero-order valence-corrected chi connectivity index (χ0v) is 16.6. The van der Waals surface area contributed by atoms with Gasteiger partial charge in [0.2, 0.25) is 5.91 Å². The van der Waals surface area contributed by atoms with Gasteiger partial charge in [-0.3, -0.25) is 9.69 Å². The third-order valence-electron chi connectivity index (χ3n) is 4.95. The minimum atomic E-state index is -0.397. The molecular weight excluding hydrogens is 357 g/mol. The summed E-state index contributed by atoms with van der Waals surface area (Å²) in [5.41, 5.74) is 2.78. The third kappa shape index (κ3) is 5.45. The second kappa shape index (κ2) is 9.55. The Morgan fingerprint density at radius 1 is 1.14 bits per heavy atom. The molecule has 0 spiro atoms. The molecule has 0 saturated carbocycles. The molecule has 0 atom stereocenters. The van der Waals surface area contributed by atoms with E-state index in [-0.39, 0.29) is 18.2 Å². The number of piperidine rings is 1. The molecule has 1 heterocycles. The zero-order chi connectivity index (χ0) is 19.9. The first kappa shape index (κ1) is 20.1. The van der Waals surface area contributed by atoms with E-state index in [9.17, 15) is 9.18 Å². The lowest BCUT2D eigenvalue weighted by atomic mass is 10.1. The molecule has 0 aromatic heterocycles. The van der Waals surface area contributed by atoms with Gasteiger partial charge in [0.25, 0.3) is 0 Å². The molecule has 1 fully saturated rings. The molecular formula is C22H28FN3O2. The number of hydrogen-bond donors (Lipinski definition) is 1. The molecule has 0 unspecified atom stereocenters. The average molecular weight is 385 g/mol. The van der Waals surface area contributed by atoms with Crippen LogP contribution in [0, 0.1) is 5.82 Å². The van der Waals surface area contributed by atoms with Gasteiger partial charge in [-0.2, -0.15) is 0 Å². The summed E-state index contributed by atoms with van der Waals surface area (Å²) in [5, 5.41) is 2.93. The molecule has 28 heavy (non-hydrogen) atoms. The Hall–Kier alpha value is -2.60. The number of ether oxygens (including phenoxy) is 1.